The number of nitriles is 1. The van der Waals surface area contributed by atoms with Crippen LogP contribution in [-0.4, -0.2) is 13.1 Å². The summed E-state index contributed by atoms with van der Waals surface area (Å²) in [4.78, 5) is 12.8. The van der Waals surface area contributed by atoms with Crippen molar-refractivity contribution in [3.05, 3.63) is 71.8 Å². The number of carbonyl (C=O) groups excluding carboxylic acids is 1. The van der Waals surface area contributed by atoms with Crippen molar-refractivity contribution in [2.75, 3.05) is 7.11 Å². The minimum Gasteiger partial charge on any atom is -0.468 e. The highest BCUT2D eigenvalue weighted by Crippen LogP contribution is 2.38. The third-order valence-corrected chi connectivity index (χ3v) is 4.16. The molecule has 3 heteroatoms. The molecule has 0 aromatic heterocycles. The van der Waals surface area contributed by atoms with E-state index in [4.69, 9.17) is 10.00 Å². The first-order valence-electron chi connectivity index (χ1n) is 7.82. The highest BCUT2D eigenvalue weighted by atomic mass is 16.5. The third-order valence-electron chi connectivity index (χ3n) is 4.16. The average molecular weight is 307 g/mol. The Labute approximate surface area is 137 Å². The van der Waals surface area contributed by atoms with Crippen molar-refractivity contribution in [2.24, 2.45) is 0 Å². The van der Waals surface area contributed by atoms with Gasteiger partial charge in [-0.1, -0.05) is 67.1 Å². The van der Waals surface area contributed by atoms with Crippen LogP contribution in [-0.2, 0) is 14.9 Å². The van der Waals surface area contributed by atoms with Crippen molar-refractivity contribution in [1.82, 2.24) is 0 Å². The fourth-order valence-electron chi connectivity index (χ4n) is 3.01. The van der Waals surface area contributed by atoms with Gasteiger partial charge in [0.05, 0.1) is 13.2 Å². The molecular weight excluding hydrogens is 286 g/mol. The standard InChI is InChI=1S/C20H21NO2/c1-23-19(22)20(15-9-4-10-16-21,17-11-5-2-6-12-17)18-13-7-3-8-14-18/h2-3,5-8,11-14H,4,9-10,15H2,1H3. The Morgan fingerprint density at radius 3 is 1.96 bits per heavy atom. The van der Waals surface area contributed by atoms with Crippen molar-refractivity contribution in [2.45, 2.75) is 31.1 Å². The van der Waals surface area contributed by atoms with Crippen molar-refractivity contribution >= 4 is 5.97 Å². The number of hydrogen-bond donors (Lipinski definition) is 0. The average Bonchev–Trinajstić information content (AvgIpc) is 2.63. The van der Waals surface area contributed by atoms with E-state index in [-0.39, 0.29) is 5.97 Å². The number of nitrogens with zero attached hydrogens (tertiary/aromatic N) is 1. The molecule has 0 heterocycles. The second kappa shape index (κ2) is 8.14. The molecule has 0 spiro atoms. The molecule has 0 N–H and O–H groups in total. The molecule has 0 aliphatic heterocycles. The number of methoxy groups -OCH3 is 1. The normalized spacial score (nSPS) is 10.8. The van der Waals surface area contributed by atoms with Crippen LogP contribution in [0.2, 0.25) is 0 Å². The van der Waals surface area contributed by atoms with Gasteiger partial charge in [0.25, 0.3) is 0 Å². The number of benzene rings is 2. The van der Waals surface area contributed by atoms with Crippen molar-refractivity contribution in [3.8, 4) is 6.07 Å². The lowest BCUT2D eigenvalue weighted by molar-refractivity contribution is -0.146. The quantitative estimate of drug-likeness (QED) is 0.568. The molecule has 0 unspecified atom stereocenters. The van der Waals surface area contributed by atoms with Crippen LogP contribution in [0.5, 0.6) is 0 Å². The minimum absolute atomic E-state index is 0.258. The van der Waals surface area contributed by atoms with Crippen LogP contribution in [0.4, 0.5) is 0 Å². The van der Waals surface area contributed by atoms with Crippen LogP contribution in [0.15, 0.2) is 60.7 Å². The van der Waals surface area contributed by atoms with E-state index in [0.717, 1.165) is 24.0 Å². The Morgan fingerprint density at radius 1 is 1.00 bits per heavy atom. The van der Waals surface area contributed by atoms with Crippen LogP contribution >= 0.6 is 0 Å². The predicted molar refractivity (Wildman–Crippen MR) is 89.8 cm³/mol. The molecule has 0 amide bonds. The zero-order chi connectivity index (χ0) is 16.5. The number of rotatable bonds is 7. The van der Waals surface area contributed by atoms with Gasteiger partial charge in [-0.05, 0) is 24.0 Å². The van der Waals surface area contributed by atoms with Gasteiger partial charge in [-0.3, -0.25) is 4.79 Å². The van der Waals surface area contributed by atoms with Gasteiger partial charge in [0.1, 0.15) is 5.41 Å². The summed E-state index contributed by atoms with van der Waals surface area (Å²) in [5.41, 5.74) is 1.03. The molecule has 118 valence electrons. The van der Waals surface area contributed by atoms with Gasteiger partial charge in [0, 0.05) is 6.42 Å². The van der Waals surface area contributed by atoms with Gasteiger partial charge >= 0.3 is 5.97 Å². The Balaban J connectivity index is 2.50. The molecule has 0 saturated carbocycles. The predicted octanol–water partition coefficient (Wildman–Crippen LogP) is 4.23. The number of esters is 1. The van der Waals surface area contributed by atoms with Crippen LogP contribution in [0.25, 0.3) is 0 Å². The molecule has 0 bridgehead atoms. The smallest absolute Gasteiger partial charge is 0.320 e. The number of carbonyl (C=O) groups is 1. The van der Waals surface area contributed by atoms with E-state index in [9.17, 15) is 4.79 Å². The fourth-order valence-corrected chi connectivity index (χ4v) is 3.01. The summed E-state index contributed by atoms with van der Waals surface area (Å²) >= 11 is 0. The molecule has 3 nitrogen and oxygen atoms in total. The molecule has 0 aliphatic rings. The van der Waals surface area contributed by atoms with E-state index in [1.54, 1.807) is 0 Å². The van der Waals surface area contributed by atoms with E-state index < -0.39 is 5.41 Å². The Morgan fingerprint density at radius 2 is 1.52 bits per heavy atom. The Hall–Kier alpha value is -2.60. The number of unbranched alkanes of at least 4 members (excludes halogenated alkanes) is 2. The monoisotopic (exact) mass is 307 g/mol. The SMILES string of the molecule is COC(=O)C(CCCCC#N)(c1ccccc1)c1ccccc1. The second-order valence-electron chi connectivity index (χ2n) is 5.49. The van der Waals surface area contributed by atoms with E-state index in [1.165, 1.54) is 7.11 Å². The Bertz CT molecular complexity index is 620. The van der Waals surface area contributed by atoms with Gasteiger partial charge in [0.15, 0.2) is 0 Å². The zero-order valence-corrected chi connectivity index (χ0v) is 13.4. The highest BCUT2D eigenvalue weighted by Gasteiger charge is 2.42. The van der Waals surface area contributed by atoms with Crippen LogP contribution < -0.4 is 0 Å². The maximum Gasteiger partial charge on any atom is 0.320 e. The van der Waals surface area contributed by atoms with Crippen LogP contribution in [0.3, 0.4) is 0 Å². The molecule has 2 rings (SSSR count). The van der Waals surface area contributed by atoms with Gasteiger partial charge in [-0.2, -0.15) is 5.26 Å². The van der Waals surface area contributed by atoms with E-state index in [0.29, 0.717) is 12.8 Å². The summed E-state index contributed by atoms with van der Waals surface area (Å²) in [6.45, 7) is 0. The summed E-state index contributed by atoms with van der Waals surface area (Å²) in [6.07, 6.45) is 2.68. The first-order chi connectivity index (χ1) is 11.3. The summed E-state index contributed by atoms with van der Waals surface area (Å²) < 4.78 is 5.18. The summed E-state index contributed by atoms with van der Waals surface area (Å²) in [5, 5.41) is 8.74. The largest absolute Gasteiger partial charge is 0.468 e. The minimum atomic E-state index is -0.827. The van der Waals surface area contributed by atoms with E-state index >= 15 is 0 Å². The fraction of sp³-hybridized carbons (Fsp3) is 0.300. The first kappa shape index (κ1) is 16.8. The summed E-state index contributed by atoms with van der Waals surface area (Å²) in [7, 11) is 1.43. The van der Waals surface area contributed by atoms with Gasteiger partial charge in [-0.15, -0.1) is 0 Å². The number of ether oxygens (including phenoxy) is 1. The zero-order valence-electron chi connectivity index (χ0n) is 13.4. The van der Waals surface area contributed by atoms with Gasteiger partial charge in [-0.25, -0.2) is 0 Å². The lowest BCUT2D eigenvalue weighted by atomic mass is 9.71. The van der Waals surface area contributed by atoms with Crippen LogP contribution in [0.1, 0.15) is 36.8 Å². The van der Waals surface area contributed by atoms with Crippen molar-refractivity contribution in [1.29, 1.82) is 5.26 Å². The van der Waals surface area contributed by atoms with Gasteiger partial charge in [0.2, 0.25) is 0 Å². The molecular formula is C20H21NO2. The number of hydrogen-bond acceptors (Lipinski definition) is 3. The van der Waals surface area contributed by atoms with E-state index in [1.807, 2.05) is 60.7 Å². The maximum absolute atomic E-state index is 12.8. The molecule has 0 radical (unpaired) electrons. The molecule has 2 aromatic carbocycles. The summed E-state index contributed by atoms with van der Waals surface area (Å²) in [5.74, 6) is -0.258. The topological polar surface area (TPSA) is 50.1 Å². The van der Waals surface area contributed by atoms with E-state index in [2.05, 4.69) is 6.07 Å². The van der Waals surface area contributed by atoms with Gasteiger partial charge < -0.3 is 4.74 Å². The molecule has 23 heavy (non-hydrogen) atoms. The lowest BCUT2D eigenvalue weighted by Crippen LogP contribution is -2.38. The van der Waals surface area contributed by atoms with Crippen LogP contribution in [0, 0.1) is 11.3 Å². The molecule has 2 aromatic rings. The first-order valence-corrected chi connectivity index (χ1v) is 7.82. The highest BCUT2D eigenvalue weighted by molar-refractivity contribution is 5.87. The summed E-state index contributed by atoms with van der Waals surface area (Å²) in [6, 6.07) is 21.6. The Kier molecular flexibility index (Phi) is 5.94. The second-order valence-corrected chi connectivity index (χ2v) is 5.49. The third kappa shape index (κ3) is 3.60. The maximum atomic E-state index is 12.8. The molecule has 0 saturated heterocycles. The van der Waals surface area contributed by atoms with Crippen molar-refractivity contribution in [3.63, 3.8) is 0 Å². The molecule has 0 aliphatic carbocycles. The lowest BCUT2D eigenvalue weighted by Gasteiger charge is -2.32. The van der Waals surface area contributed by atoms with Crippen molar-refractivity contribution < 1.29 is 9.53 Å². The molecule has 0 atom stereocenters. The molecule has 0 fully saturated rings.